The molecule has 3 N–H and O–H groups in total. The van der Waals surface area contributed by atoms with Crippen LogP contribution in [-0.4, -0.2) is 23.3 Å². The number of ether oxygens (including phenoxy) is 1. The molecule has 0 aliphatic heterocycles. The number of halogens is 3. The molecule has 1 aromatic heterocycles. The van der Waals surface area contributed by atoms with Gasteiger partial charge in [-0.3, -0.25) is 0 Å². The Labute approximate surface area is 116 Å². The van der Waals surface area contributed by atoms with Gasteiger partial charge >= 0.3 is 6.18 Å². The van der Waals surface area contributed by atoms with Crippen LogP contribution in [0.2, 0.25) is 0 Å². The molecule has 0 saturated heterocycles. The average molecular weight is 304 g/mol. The van der Waals surface area contributed by atoms with E-state index in [1.165, 1.54) is 0 Å². The number of benzene rings is 1. The Kier molecular flexibility index (Phi) is 4.40. The maximum atomic E-state index is 12.4. The van der Waals surface area contributed by atoms with Crippen molar-refractivity contribution in [3.8, 4) is 5.75 Å². The summed E-state index contributed by atoms with van der Waals surface area (Å²) in [6.45, 7) is 0.809. The molecule has 0 amide bonds. The molecule has 0 aliphatic rings. The van der Waals surface area contributed by atoms with Crippen molar-refractivity contribution in [1.82, 2.24) is 10.2 Å². The van der Waals surface area contributed by atoms with Crippen LogP contribution in [0.4, 0.5) is 24.0 Å². The molecule has 0 bridgehead atoms. The molecule has 20 heavy (non-hydrogen) atoms. The van der Waals surface area contributed by atoms with Gasteiger partial charge in [0.05, 0.1) is 0 Å². The van der Waals surface area contributed by atoms with Crippen molar-refractivity contribution in [1.29, 1.82) is 0 Å². The predicted octanol–water partition coefficient (Wildman–Crippen LogP) is 2.64. The minimum Gasteiger partial charge on any atom is -0.492 e. The zero-order valence-electron chi connectivity index (χ0n) is 10.1. The normalized spacial score (nSPS) is 11.4. The zero-order valence-corrected chi connectivity index (χ0v) is 11.0. The zero-order chi connectivity index (χ0) is 14.6. The number of anilines is 2. The summed E-state index contributed by atoms with van der Waals surface area (Å²) in [7, 11) is 0. The van der Waals surface area contributed by atoms with Gasteiger partial charge in [-0.25, -0.2) is 0 Å². The first kappa shape index (κ1) is 14.5. The molecule has 1 aromatic carbocycles. The second-order valence-electron chi connectivity index (χ2n) is 3.70. The van der Waals surface area contributed by atoms with Gasteiger partial charge in [-0.15, -0.1) is 10.2 Å². The molecule has 2 aromatic rings. The summed E-state index contributed by atoms with van der Waals surface area (Å²) >= 11 is 0.447. The fraction of sp³-hybridized carbons (Fsp3) is 0.273. The van der Waals surface area contributed by atoms with E-state index < -0.39 is 11.2 Å². The number of aromatic nitrogens is 2. The molecule has 1 heterocycles. The summed E-state index contributed by atoms with van der Waals surface area (Å²) in [5, 5.41) is 8.36. The molecule has 0 radical (unpaired) electrons. The highest BCUT2D eigenvalue weighted by molar-refractivity contribution is 7.15. The van der Waals surface area contributed by atoms with Crippen LogP contribution in [0.3, 0.4) is 0 Å². The maximum absolute atomic E-state index is 12.4. The molecule has 0 atom stereocenters. The smallest absolute Gasteiger partial charge is 0.445 e. The topological polar surface area (TPSA) is 73.1 Å². The van der Waals surface area contributed by atoms with Gasteiger partial charge in [-0.05, 0) is 24.3 Å². The van der Waals surface area contributed by atoms with Gasteiger partial charge in [0.2, 0.25) is 10.1 Å². The fourth-order valence-corrected chi connectivity index (χ4v) is 1.95. The van der Waals surface area contributed by atoms with E-state index in [0.717, 1.165) is 0 Å². The monoisotopic (exact) mass is 304 g/mol. The van der Waals surface area contributed by atoms with E-state index >= 15 is 0 Å². The minimum absolute atomic E-state index is 0.0768. The molecule has 108 valence electrons. The van der Waals surface area contributed by atoms with E-state index in [9.17, 15) is 13.2 Å². The van der Waals surface area contributed by atoms with Crippen molar-refractivity contribution >= 4 is 22.2 Å². The number of nitrogens with one attached hydrogen (secondary N) is 1. The second-order valence-corrected chi connectivity index (χ2v) is 4.67. The Morgan fingerprint density at radius 2 is 1.90 bits per heavy atom. The highest BCUT2D eigenvalue weighted by Crippen LogP contribution is 2.34. The van der Waals surface area contributed by atoms with Crippen LogP contribution in [-0.2, 0) is 6.18 Å². The lowest BCUT2D eigenvalue weighted by Gasteiger charge is -2.06. The Balaban J connectivity index is 2.01. The largest absolute Gasteiger partial charge is 0.492 e. The summed E-state index contributed by atoms with van der Waals surface area (Å²) < 4.78 is 42.4. The van der Waals surface area contributed by atoms with Crippen molar-refractivity contribution in [3.63, 3.8) is 0 Å². The molecule has 5 nitrogen and oxygen atoms in total. The quantitative estimate of drug-likeness (QED) is 0.888. The van der Waals surface area contributed by atoms with Gasteiger partial charge in [-0.2, -0.15) is 13.2 Å². The minimum atomic E-state index is -4.47. The van der Waals surface area contributed by atoms with Gasteiger partial charge in [0.15, 0.2) is 0 Å². The van der Waals surface area contributed by atoms with Crippen LogP contribution >= 0.6 is 11.3 Å². The molecule has 0 spiro atoms. The lowest BCUT2D eigenvalue weighted by atomic mass is 10.3. The fourth-order valence-electron chi connectivity index (χ4n) is 1.32. The van der Waals surface area contributed by atoms with Gasteiger partial charge in [0, 0.05) is 12.2 Å². The number of rotatable bonds is 5. The van der Waals surface area contributed by atoms with E-state index in [2.05, 4.69) is 15.5 Å². The Bertz CT molecular complexity index is 556. The Hall–Kier alpha value is -1.87. The van der Waals surface area contributed by atoms with E-state index in [1.807, 2.05) is 0 Å². The predicted molar refractivity (Wildman–Crippen MR) is 69.2 cm³/mol. The molecule has 0 saturated carbocycles. The highest BCUT2D eigenvalue weighted by atomic mass is 32.1. The average Bonchev–Trinajstić information content (AvgIpc) is 2.86. The molecular weight excluding hydrogens is 293 g/mol. The summed E-state index contributed by atoms with van der Waals surface area (Å²) in [4.78, 5) is 0. The first-order chi connectivity index (χ1) is 9.49. The Morgan fingerprint density at radius 3 is 2.45 bits per heavy atom. The molecular formula is C11H11F3N4OS. The Morgan fingerprint density at radius 1 is 1.20 bits per heavy atom. The standard InChI is InChI=1S/C11H11F3N4OS/c12-11(13,14)9-17-18-10(20-9)16-7-1-3-8(4-2-7)19-6-5-15/h1-4H,5-6,15H2,(H,16,18). The van der Waals surface area contributed by atoms with Crippen LogP contribution in [0.5, 0.6) is 5.75 Å². The highest BCUT2D eigenvalue weighted by Gasteiger charge is 2.35. The third-order valence-corrected chi connectivity index (χ3v) is 3.04. The van der Waals surface area contributed by atoms with Gasteiger partial charge in [0.25, 0.3) is 0 Å². The number of nitrogens with two attached hydrogens (primary N) is 1. The third-order valence-electron chi connectivity index (χ3n) is 2.16. The first-order valence-corrected chi connectivity index (χ1v) is 6.41. The summed E-state index contributed by atoms with van der Waals surface area (Å²) in [5.74, 6) is 0.634. The number of nitrogens with zero attached hydrogens (tertiary/aromatic N) is 2. The number of alkyl halides is 3. The van der Waals surface area contributed by atoms with Crippen molar-refractivity contribution in [2.75, 3.05) is 18.5 Å². The summed E-state index contributed by atoms with van der Waals surface area (Å²) in [5.41, 5.74) is 5.90. The number of hydrogen-bond donors (Lipinski definition) is 2. The summed E-state index contributed by atoms with van der Waals surface area (Å²) in [6.07, 6.45) is -4.47. The van der Waals surface area contributed by atoms with Crippen LogP contribution < -0.4 is 15.8 Å². The molecule has 9 heteroatoms. The van der Waals surface area contributed by atoms with Crippen LogP contribution in [0, 0.1) is 0 Å². The van der Waals surface area contributed by atoms with Crippen LogP contribution in [0.1, 0.15) is 5.01 Å². The maximum Gasteiger partial charge on any atom is 0.445 e. The molecule has 0 fully saturated rings. The van der Waals surface area contributed by atoms with Gasteiger partial charge in [-0.1, -0.05) is 11.3 Å². The lowest BCUT2D eigenvalue weighted by Crippen LogP contribution is -2.10. The molecule has 2 rings (SSSR count). The second kappa shape index (κ2) is 6.06. The number of hydrogen-bond acceptors (Lipinski definition) is 6. The van der Waals surface area contributed by atoms with Crippen molar-refractivity contribution in [2.24, 2.45) is 5.73 Å². The van der Waals surface area contributed by atoms with Crippen molar-refractivity contribution < 1.29 is 17.9 Å². The van der Waals surface area contributed by atoms with Crippen LogP contribution in [0.25, 0.3) is 0 Å². The van der Waals surface area contributed by atoms with E-state index in [0.29, 0.717) is 35.9 Å². The lowest BCUT2D eigenvalue weighted by molar-refractivity contribution is -0.138. The van der Waals surface area contributed by atoms with Crippen molar-refractivity contribution in [2.45, 2.75) is 6.18 Å². The molecule has 0 aliphatic carbocycles. The third kappa shape index (κ3) is 3.81. The molecule has 0 unspecified atom stereocenters. The summed E-state index contributed by atoms with van der Waals surface area (Å²) in [6, 6.07) is 6.70. The van der Waals surface area contributed by atoms with Crippen molar-refractivity contribution in [3.05, 3.63) is 29.3 Å². The van der Waals surface area contributed by atoms with Gasteiger partial charge < -0.3 is 15.8 Å². The first-order valence-electron chi connectivity index (χ1n) is 5.59. The SMILES string of the molecule is NCCOc1ccc(Nc2nnc(C(F)(F)F)s2)cc1. The van der Waals surface area contributed by atoms with E-state index in [1.54, 1.807) is 24.3 Å². The van der Waals surface area contributed by atoms with E-state index in [4.69, 9.17) is 10.5 Å². The van der Waals surface area contributed by atoms with Crippen LogP contribution in [0.15, 0.2) is 24.3 Å². The van der Waals surface area contributed by atoms with Gasteiger partial charge in [0.1, 0.15) is 12.4 Å². The van der Waals surface area contributed by atoms with E-state index in [-0.39, 0.29) is 5.13 Å².